The lowest BCUT2D eigenvalue weighted by atomic mass is 10.1. The summed E-state index contributed by atoms with van der Waals surface area (Å²) in [6.07, 6.45) is 1.85. The van der Waals surface area contributed by atoms with Gasteiger partial charge in [-0.3, -0.25) is 0 Å². The maximum atomic E-state index is 13.7. The van der Waals surface area contributed by atoms with Crippen LogP contribution in [-0.2, 0) is 6.42 Å². The number of halogens is 4. The molecule has 1 heterocycles. The van der Waals surface area contributed by atoms with Crippen LogP contribution in [0.15, 0.2) is 36.7 Å². The highest BCUT2D eigenvalue weighted by molar-refractivity contribution is 6.35. The molecule has 0 saturated carbocycles. The number of nitrogens with one attached hydrogen (secondary N) is 1. The molecule has 7 heteroatoms. The SMILES string of the molecule is Fc1cc(F)c2ncnc(NCCc3ccc(Cl)cc3Cl)c2c1. The summed E-state index contributed by atoms with van der Waals surface area (Å²) in [7, 11) is 0. The molecule has 0 amide bonds. The van der Waals surface area contributed by atoms with Crippen molar-refractivity contribution in [2.24, 2.45) is 0 Å². The van der Waals surface area contributed by atoms with Gasteiger partial charge >= 0.3 is 0 Å². The average Bonchev–Trinajstić information content (AvgIpc) is 2.50. The van der Waals surface area contributed by atoms with E-state index in [1.807, 2.05) is 6.07 Å². The molecule has 0 unspecified atom stereocenters. The van der Waals surface area contributed by atoms with Gasteiger partial charge in [0.05, 0.1) is 0 Å². The minimum Gasteiger partial charge on any atom is -0.369 e. The molecule has 0 bridgehead atoms. The van der Waals surface area contributed by atoms with Gasteiger partial charge in [0.25, 0.3) is 0 Å². The van der Waals surface area contributed by atoms with Gasteiger partial charge in [0.15, 0.2) is 5.82 Å². The zero-order chi connectivity index (χ0) is 16.4. The van der Waals surface area contributed by atoms with Crippen LogP contribution in [0.2, 0.25) is 10.0 Å². The lowest BCUT2D eigenvalue weighted by Crippen LogP contribution is -2.08. The molecule has 0 aliphatic rings. The molecule has 0 spiro atoms. The van der Waals surface area contributed by atoms with Crippen LogP contribution >= 0.6 is 23.2 Å². The number of rotatable bonds is 4. The first-order valence-electron chi connectivity index (χ1n) is 6.82. The second kappa shape index (κ2) is 6.64. The summed E-state index contributed by atoms with van der Waals surface area (Å²) < 4.78 is 27.1. The topological polar surface area (TPSA) is 37.8 Å². The van der Waals surface area contributed by atoms with Gasteiger partial charge < -0.3 is 5.32 Å². The summed E-state index contributed by atoms with van der Waals surface area (Å²) in [5.41, 5.74) is 0.993. The smallest absolute Gasteiger partial charge is 0.152 e. The summed E-state index contributed by atoms with van der Waals surface area (Å²) in [5.74, 6) is -1.02. The van der Waals surface area contributed by atoms with Gasteiger partial charge in [-0.1, -0.05) is 29.3 Å². The second-order valence-electron chi connectivity index (χ2n) is 4.92. The van der Waals surface area contributed by atoms with Crippen LogP contribution in [0.25, 0.3) is 10.9 Å². The number of aromatic nitrogens is 2. The molecule has 23 heavy (non-hydrogen) atoms. The summed E-state index contributed by atoms with van der Waals surface area (Å²) in [6.45, 7) is 0.492. The number of hydrogen-bond acceptors (Lipinski definition) is 3. The van der Waals surface area contributed by atoms with E-state index in [0.29, 0.717) is 34.2 Å². The lowest BCUT2D eigenvalue weighted by Gasteiger charge is -2.10. The molecule has 0 radical (unpaired) electrons. The fourth-order valence-corrected chi connectivity index (χ4v) is 2.78. The standard InChI is InChI=1S/C16H11Cl2F2N3/c17-10-2-1-9(13(18)5-10)3-4-21-16-12-6-11(19)7-14(20)15(12)22-8-23-16/h1-2,5-8H,3-4H2,(H,21,22,23). The minimum atomic E-state index is -0.716. The van der Waals surface area contributed by atoms with Crippen LogP contribution in [0.4, 0.5) is 14.6 Å². The van der Waals surface area contributed by atoms with Crippen LogP contribution in [0.5, 0.6) is 0 Å². The molecule has 3 rings (SSSR count). The van der Waals surface area contributed by atoms with Crippen LogP contribution in [0, 0.1) is 11.6 Å². The van der Waals surface area contributed by atoms with E-state index in [9.17, 15) is 8.78 Å². The van der Waals surface area contributed by atoms with Gasteiger partial charge in [0.2, 0.25) is 0 Å². The van der Waals surface area contributed by atoms with E-state index in [2.05, 4.69) is 15.3 Å². The van der Waals surface area contributed by atoms with Crippen molar-refractivity contribution in [1.82, 2.24) is 9.97 Å². The van der Waals surface area contributed by atoms with Gasteiger partial charge in [0, 0.05) is 28.0 Å². The Morgan fingerprint density at radius 3 is 2.65 bits per heavy atom. The molecule has 0 fully saturated rings. The van der Waals surface area contributed by atoms with E-state index in [4.69, 9.17) is 23.2 Å². The predicted molar refractivity (Wildman–Crippen MR) is 88.1 cm³/mol. The molecule has 0 aliphatic carbocycles. The summed E-state index contributed by atoms with van der Waals surface area (Å²) in [4.78, 5) is 7.89. The van der Waals surface area contributed by atoms with Crippen molar-refractivity contribution in [1.29, 1.82) is 0 Å². The van der Waals surface area contributed by atoms with Gasteiger partial charge in [-0.15, -0.1) is 0 Å². The Morgan fingerprint density at radius 1 is 1.04 bits per heavy atom. The van der Waals surface area contributed by atoms with E-state index < -0.39 is 11.6 Å². The molecule has 1 N–H and O–H groups in total. The molecule has 0 saturated heterocycles. The molecule has 118 valence electrons. The highest BCUT2D eigenvalue weighted by Crippen LogP contribution is 2.24. The van der Waals surface area contributed by atoms with Crippen LogP contribution in [0.1, 0.15) is 5.56 Å². The lowest BCUT2D eigenvalue weighted by molar-refractivity contribution is 0.590. The largest absolute Gasteiger partial charge is 0.369 e. The first-order chi connectivity index (χ1) is 11.0. The van der Waals surface area contributed by atoms with Crippen LogP contribution in [-0.4, -0.2) is 16.5 Å². The van der Waals surface area contributed by atoms with Gasteiger partial charge in [-0.2, -0.15) is 0 Å². The highest BCUT2D eigenvalue weighted by atomic mass is 35.5. The molecular weight excluding hydrogens is 343 g/mol. The van der Waals surface area contributed by atoms with Crippen LogP contribution < -0.4 is 5.32 Å². The first kappa shape index (κ1) is 15.9. The molecule has 0 atom stereocenters. The second-order valence-corrected chi connectivity index (χ2v) is 5.76. The van der Waals surface area contributed by atoms with Gasteiger partial charge in [-0.05, 0) is 30.2 Å². The maximum Gasteiger partial charge on any atom is 0.152 e. The maximum absolute atomic E-state index is 13.7. The van der Waals surface area contributed by atoms with Gasteiger partial charge in [0.1, 0.15) is 23.5 Å². The van der Waals surface area contributed by atoms with Crippen molar-refractivity contribution < 1.29 is 8.78 Å². The third kappa shape index (κ3) is 3.51. The van der Waals surface area contributed by atoms with Crippen molar-refractivity contribution in [3.05, 3.63) is 63.9 Å². The zero-order valence-corrected chi connectivity index (χ0v) is 13.3. The molecule has 0 aliphatic heterocycles. The van der Waals surface area contributed by atoms with Crippen molar-refractivity contribution in [2.45, 2.75) is 6.42 Å². The van der Waals surface area contributed by atoms with E-state index in [1.54, 1.807) is 12.1 Å². The highest BCUT2D eigenvalue weighted by Gasteiger charge is 2.10. The van der Waals surface area contributed by atoms with Crippen molar-refractivity contribution in [3.63, 3.8) is 0 Å². The summed E-state index contributed by atoms with van der Waals surface area (Å²) in [5, 5.41) is 4.50. The Bertz CT molecular complexity index is 871. The first-order valence-corrected chi connectivity index (χ1v) is 7.58. The number of fused-ring (bicyclic) bond motifs is 1. The Labute approximate surface area is 141 Å². The van der Waals surface area contributed by atoms with E-state index in [0.717, 1.165) is 11.6 Å². The number of anilines is 1. The summed E-state index contributed by atoms with van der Waals surface area (Å²) >= 11 is 12.0. The minimum absolute atomic E-state index is 0.0772. The Kier molecular flexibility index (Phi) is 4.59. The molecular formula is C16H11Cl2F2N3. The third-order valence-corrected chi connectivity index (χ3v) is 3.95. The fraction of sp³-hybridized carbons (Fsp3) is 0.125. The van der Waals surface area contributed by atoms with Crippen LogP contribution in [0.3, 0.4) is 0 Å². The van der Waals surface area contributed by atoms with Gasteiger partial charge in [-0.25, -0.2) is 18.7 Å². The molecule has 1 aromatic heterocycles. The third-order valence-electron chi connectivity index (χ3n) is 3.36. The predicted octanol–water partition coefficient (Wildman–Crippen LogP) is 4.87. The number of benzene rings is 2. The Morgan fingerprint density at radius 2 is 1.87 bits per heavy atom. The molecule has 2 aromatic carbocycles. The number of nitrogens with zero attached hydrogens (tertiary/aromatic N) is 2. The fourth-order valence-electron chi connectivity index (χ4n) is 2.27. The Balaban J connectivity index is 1.79. The number of hydrogen-bond donors (Lipinski definition) is 1. The van der Waals surface area contributed by atoms with Crippen molar-refractivity contribution >= 4 is 39.9 Å². The van der Waals surface area contributed by atoms with Crippen molar-refractivity contribution in [2.75, 3.05) is 11.9 Å². The zero-order valence-electron chi connectivity index (χ0n) is 11.8. The molecule has 3 aromatic rings. The average molecular weight is 354 g/mol. The molecule has 3 nitrogen and oxygen atoms in total. The Hall–Kier alpha value is -1.98. The quantitative estimate of drug-likeness (QED) is 0.726. The van der Waals surface area contributed by atoms with E-state index in [-0.39, 0.29) is 5.52 Å². The van der Waals surface area contributed by atoms with E-state index in [1.165, 1.54) is 12.4 Å². The normalized spacial score (nSPS) is 11.0. The van der Waals surface area contributed by atoms with Crippen molar-refractivity contribution in [3.8, 4) is 0 Å². The van der Waals surface area contributed by atoms with E-state index >= 15 is 0 Å². The summed E-state index contributed by atoms with van der Waals surface area (Å²) in [6, 6.07) is 7.27. The monoisotopic (exact) mass is 353 g/mol.